The second kappa shape index (κ2) is 9.19. The van der Waals surface area contributed by atoms with Crippen molar-refractivity contribution < 1.29 is 9.90 Å². The number of pyridine rings is 2. The van der Waals surface area contributed by atoms with Crippen LogP contribution in [0.5, 0.6) is 0 Å². The topological polar surface area (TPSA) is 88.9 Å². The van der Waals surface area contributed by atoms with Crippen LogP contribution < -0.4 is 0 Å². The van der Waals surface area contributed by atoms with Crippen LogP contribution in [0.1, 0.15) is 10.4 Å². The highest BCUT2D eigenvalue weighted by Gasteiger charge is 2.09. The van der Waals surface area contributed by atoms with Gasteiger partial charge in [0.05, 0.1) is 11.3 Å². The lowest BCUT2D eigenvalue weighted by molar-refractivity contribution is 0.0696. The van der Waals surface area contributed by atoms with Gasteiger partial charge in [-0.3, -0.25) is 0 Å². The summed E-state index contributed by atoms with van der Waals surface area (Å²) in [6.07, 6.45) is 6.23. The Morgan fingerprint density at radius 2 is 1.64 bits per heavy atom. The SMILES string of the molecule is Clc1ncc(Br)cc1-c1ccncn1.O=C(O)c1cc(Br)cnc1Cl. The van der Waals surface area contributed by atoms with E-state index in [1.807, 2.05) is 6.07 Å². The molecule has 0 bridgehead atoms. The number of aromatic carboxylic acids is 1. The van der Waals surface area contributed by atoms with Gasteiger partial charge >= 0.3 is 5.97 Å². The maximum absolute atomic E-state index is 10.4. The summed E-state index contributed by atoms with van der Waals surface area (Å²) in [6.45, 7) is 0. The molecule has 1 N–H and O–H groups in total. The van der Waals surface area contributed by atoms with Gasteiger partial charge in [-0.25, -0.2) is 24.7 Å². The molecule has 0 spiro atoms. The minimum atomic E-state index is -1.08. The highest BCUT2D eigenvalue weighted by atomic mass is 79.9. The van der Waals surface area contributed by atoms with Crippen LogP contribution >= 0.6 is 55.1 Å². The van der Waals surface area contributed by atoms with E-state index >= 15 is 0 Å². The summed E-state index contributed by atoms with van der Waals surface area (Å²) in [6, 6.07) is 5.06. The van der Waals surface area contributed by atoms with Crippen molar-refractivity contribution in [3.05, 3.63) is 67.9 Å². The molecule has 3 aromatic rings. The van der Waals surface area contributed by atoms with E-state index in [1.165, 1.54) is 18.6 Å². The molecule has 25 heavy (non-hydrogen) atoms. The number of aromatic nitrogens is 4. The summed E-state index contributed by atoms with van der Waals surface area (Å²) in [5, 5.41) is 8.98. The quantitative estimate of drug-likeness (QED) is 0.483. The second-order valence-corrected chi connectivity index (χ2v) is 6.93. The predicted molar refractivity (Wildman–Crippen MR) is 102 cm³/mol. The van der Waals surface area contributed by atoms with Crippen LogP contribution in [0.2, 0.25) is 10.3 Å². The van der Waals surface area contributed by atoms with Crippen LogP contribution in [-0.4, -0.2) is 31.0 Å². The van der Waals surface area contributed by atoms with Crippen molar-refractivity contribution in [2.45, 2.75) is 0 Å². The van der Waals surface area contributed by atoms with Gasteiger partial charge in [0.1, 0.15) is 16.6 Å². The van der Waals surface area contributed by atoms with E-state index in [0.717, 1.165) is 15.7 Å². The lowest BCUT2D eigenvalue weighted by Gasteiger charge is -2.02. The molecule has 3 heterocycles. The summed E-state index contributed by atoms with van der Waals surface area (Å²) in [5.74, 6) is -1.08. The molecular formula is C15H8Br2Cl2N4O2. The average Bonchev–Trinajstić information content (AvgIpc) is 2.60. The van der Waals surface area contributed by atoms with Crippen LogP contribution in [0.3, 0.4) is 0 Å². The van der Waals surface area contributed by atoms with Crippen LogP contribution in [0.15, 0.2) is 52.1 Å². The Hall–Kier alpha value is -1.61. The third-order valence-electron chi connectivity index (χ3n) is 2.70. The van der Waals surface area contributed by atoms with Gasteiger partial charge in [0.15, 0.2) is 0 Å². The monoisotopic (exact) mass is 504 g/mol. The summed E-state index contributed by atoms with van der Waals surface area (Å²) in [5.41, 5.74) is 1.56. The second-order valence-electron chi connectivity index (χ2n) is 4.38. The summed E-state index contributed by atoms with van der Waals surface area (Å²) in [7, 11) is 0. The number of hydrogen-bond donors (Lipinski definition) is 1. The van der Waals surface area contributed by atoms with Crippen LogP contribution in [0.25, 0.3) is 11.3 Å². The van der Waals surface area contributed by atoms with E-state index < -0.39 is 5.97 Å². The lowest BCUT2D eigenvalue weighted by Crippen LogP contribution is -1.98. The Bertz CT molecular complexity index is 898. The predicted octanol–water partition coefficient (Wildman–Crippen LogP) is 5.15. The zero-order valence-electron chi connectivity index (χ0n) is 12.2. The minimum Gasteiger partial charge on any atom is -0.478 e. The molecule has 0 aromatic carbocycles. The fourth-order valence-corrected chi connectivity index (χ4v) is 2.67. The molecule has 3 aromatic heterocycles. The first-order chi connectivity index (χ1) is 11.9. The van der Waals surface area contributed by atoms with E-state index in [1.54, 1.807) is 18.5 Å². The van der Waals surface area contributed by atoms with Gasteiger partial charge < -0.3 is 5.11 Å². The Kier molecular flexibility index (Phi) is 7.24. The third-order valence-corrected chi connectivity index (χ3v) is 4.17. The number of carboxylic acid groups (broad SMARTS) is 1. The fraction of sp³-hybridized carbons (Fsp3) is 0. The molecule has 3 rings (SSSR count). The molecule has 10 heteroatoms. The van der Waals surface area contributed by atoms with Crippen molar-refractivity contribution in [2.24, 2.45) is 0 Å². The first kappa shape index (κ1) is 19.7. The molecule has 128 valence electrons. The van der Waals surface area contributed by atoms with Crippen molar-refractivity contribution in [1.29, 1.82) is 0 Å². The molecule has 0 amide bonds. The van der Waals surface area contributed by atoms with Crippen molar-refractivity contribution in [3.63, 3.8) is 0 Å². The molecule has 0 unspecified atom stereocenters. The largest absolute Gasteiger partial charge is 0.478 e. The standard InChI is InChI=1S/C9H5BrClN3.C6H3BrClNO2/c10-6-3-7(9(11)13-4-6)8-1-2-12-5-14-8;7-3-1-4(6(10)11)5(8)9-2-3/h1-5H;1-2H,(H,10,11). The van der Waals surface area contributed by atoms with E-state index in [4.69, 9.17) is 28.3 Å². The maximum atomic E-state index is 10.4. The number of halogens is 4. The van der Waals surface area contributed by atoms with Crippen molar-refractivity contribution in [1.82, 2.24) is 19.9 Å². The van der Waals surface area contributed by atoms with Crippen LogP contribution in [0.4, 0.5) is 0 Å². The Balaban J connectivity index is 0.000000186. The molecule has 0 saturated carbocycles. The fourth-order valence-electron chi connectivity index (χ4n) is 1.62. The molecular weight excluding hydrogens is 499 g/mol. The highest BCUT2D eigenvalue weighted by Crippen LogP contribution is 2.26. The zero-order chi connectivity index (χ0) is 18.4. The number of carboxylic acids is 1. The van der Waals surface area contributed by atoms with Gasteiger partial charge in [0.2, 0.25) is 0 Å². The lowest BCUT2D eigenvalue weighted by atomic mass is 10.2. The summed E-state index contributed by atoms with van der Waals surface area (Å²) < 4.78 is 1.47. The number of carbonyl (C=O) groups is 1. The number of rotatable bonds is 2. The van der Waals surface area contributed by atoms with Gasteiger partial charge in [-0.2, -0.15) is 0 Å². The molecule has 0 aliphatic rings. The van der Waals surface area contributed by atoms with Gasteiger partial charge in [0, 0.05) is 33.1 Å². The average molecular weight is 507 g/mol. The van der Waals surface area contributed by atoms with E-state index in [9.17, 15) is 4.79 Å². The van der Waals surface area contributed by atoms with Crippen molar-refractivity contribution >= 4 is 61.0 Å². The zero-order valence-corrected chi connectivity index (χ0v) is 16.9. The van der Waals surface area contributed by atoms with Crippen LogP contribution in [0, 0.1) is 0 Å². The Morgan fingerprint density at radius 3 is 2.20 bits per heavy atom. The molecule has 0 aliphatic heterocycles. The minimum absolute atomic E-state index is 0.000648. The molecule has 0 aliphatic carbocycles. The van der Waals surface area contributed by atoms with E-state index in [-0.39, 0.29) is 10.7 Å². The molecule has 0 atom stereocenters. The summed E-state index contributed by atoms with van der Waals surface area (Å²) >= 11 is 17.8. The van der Waals surface area contributed by atoms with E-state index in [2.05, 4.69) is 51.8 Å². The Morgan fingerprint density at radius 1 is 1.00 bits per heavy atom. The van der Waals surface area contributed by atoms with Gasteiger partial charge in [-0.05, 0) is 50.1 Å². The van der Waals surface area contributed by atoms with Crippen molar-refractivity contribution in [2.75, 3.05) is 0 Å². The van der Waals surface area contributed by atoms with E-state index in [0.29, 0.717) is 9.63 Å². The smallest absolute Gasteiger partial charge is 0.338 e. The molecule has 0 saturated heterocycles. The molecule has 6 nitrogen and oxygen atoms in total. The Labute approximate surface area is 169 Å². The maximum Gasteiger partial charge on any atom is 0.338 e. The number of nitrogens with zero attached hydrogens (tertiary/aromatic N) is 4. The summed E-state index contributed by atoms with van der Waals surface area (Å²) in [4.78, 5) is 26.0. The number of hydrogen-bond acceptors (Lipinski definition) is 5. The molecule has 0 radical (unpaired) electrons. The normalized spacial score (nSPS) is 9.92. The van der Waals surface area contributed by atoms with Gasteiger partial charge in [-0.1, -0.05) is 23.2 Å². The third kappa shape index (κ3) is 5.71. The highest BCUT2D eigenvalue weighted by molar-refractivity contribution is 9.10. The van der Waals surface area contributed by atoms with Gasteiger partial charge in [0.25, 0.3) is 0 Å². The van der Waals surface area contributed by atoms with Gasteiger partial charge in [-0.15, -0.1) is 0 Å². The molecule has 0 fully saturated rings. The van der Waals surface area contributed by atoms with Crippen molar-refractivity contribution in [3.8, 4) is 11.3 Å². The first-order valence-corrected chi connectivity index (χ1v) is 8.84. The first-order valence-electron chi connectivity index (χ1n) is 6.50. The van der Waals surface area contributed by atoms with Crippen LogP contribution in [-0.2, 0) is 0 Å².